The summed E-state index contributed by atoms with van der Waals surface area (Å²) >= 11 is 3.61. The van der Waals surface area contributed by atoms with Gasteiger partial charge in [0.1, 0.15) is 0 Å². The van der Waals surface area contributed by atoms with E-state index in [9.17, 15) is 4.79 Å². The van der Waals surface area contributed by atoms with Crippen LogP contribution >= 0.6 is 34.4 Å². The molecule has 0 spiro atoms. The maximum absolute atomic E-state index is 12.1. The van der Waals surface area contributed by atoms with E-state index in [0.29, 0.717) is 5.16 Å². The number of carbonyl (C=O) groups excluding carboxylic acids is 1. The predicted molar refractivity (Wildman–Crippen MR) is 110 cm³/mol. The van der Waals surface area contributed by atoms with Crippen molar-refractivity contribution in [1.29, 1.82) is 0 Å². The molecule has 0 fully saturated rings. The Morgan fingerprint density at radius 2 is 1.96 bits per heavy atom. The number of halogens is 1. The third kappa shape index (κ3) is 4.60. The quantitative estimate of drug-likeness (QED) is 0.456. The molecule has 1 amide bonds. The Bertz CT molecular complexity index is 892. The van der Waals surface area contributed by atoms with Crippen molar-refractivity contribution < 1.29 is 4.79 Å². The molecule has 0 radical (unpaired) electrons. The largest absolute Gasteiger partial charge is 0.325 e. The SMILES string of the molecule is Cc1cccc(-c2nnc(SCC(=O)Nc3ccc(I)cc3)n2C)c1. The van der Waals surface area contributed by atoms with Gasteiger partial charge in [0.15, 0.2) is 11.0 Å². The number of anilines is 1. The molecule has 3 aromatic rings. The van der Waals surface area contributed by atoms with Gasteiger partial charge in [-0.2, -0.15) is 0 Å². The molecule has 3 rings (SSSR count). The summed E-state index contributed by atoms with van der Waals surface area (Å²) in [6.45, 7) is 2.05. The maximum Gasteiger partial charge on any atom is 0.234 e. The summed E-state index contributed by atoms with van der Waals surface area (Å²) < 4.78 is 3.05. The Hall–Kier alpha value is -1.87. The molecular formula is C18H17IN4OS. The lowest BCUT2D eigenvalue weighted by molar-refractivity contribution is -0.113. The van der Waals surface area contributed by atoms with Crippen LogP contribution in [0.3, 0.4) is 0 Å². The molecule has 0 aliphatic heterocycles. The maximum atomic E-state index is 12.1. The Morgan fingerprint density at radius 3 is 2.68 bits per heavy atom. The fraction of sp³-hybridized carbons (Fsp3) is 0.167. The molecule has 0 saturated carbocycles. The van der Waals surface area contributed by atoms with Gasteiger partial charge in [0.25, 0.3) is 0 Å². The highest BCUT2D eigenvalue weighted by Crippen LogP contribution is 2.23. The summed E-state index contributed by atoms with van der Waals surface area (Å²) in [7, 11) is 1.91. The van der Waals surface area contributed by atoms with E-state index in [4.69, 9.17) is 0 Å². The van der Waals surface area contributed by atoms with Crippen LogP contribution in [0.2, 0.25) is 0 Å². The van der Waals surface area contributed by atoms with Gasteiger partial charge in [-0.3, -0.25) is 4.79 Å². The molecular weight excluding hydrogens is 447 g/mol. The zero-order valence-electron chi connectivity index (χ0n) is 13.9. The van der Waals surface area contributed by atoms with Crippen LogP contribution < -0.4 is 5.32 Å². The second-order valence-corrected chi connectivity index (χ2v) is 7.77. The molecule has 2 aromatic carbocycles. The van der Waals surface area contributed by atoms with E-state index in [1.165, 1.54) is 17.3 Å². The molecule has 25 heavy (non-hydrogen) atoms. The van der Waals surface area contributed by atoms with Crippen LogP contribution in [0.15, 0.2) is 53.7 Å². The summed E-state index contributed by atoms with van der Waals surface area (Å²) in [4.78, 5) is 12.1. The van der Waals surface area contributed by atoms with Crippen molar-refractivity contribution in [2.24, 2.45) is 7.05 Å². The third-order valence-electron chi connectivity index (χ3n) is 3.57. The molecule has 0 atom stereocenters. The number of aryl methyl sites for hydroxylation is 1. The fourth-order valence-corrected chi connectivity index (χ4v) is 3.41. The Labute approximate surface area is 164 Å². The smallest absolute Gasteiger partial charge is 0.234 e. The number of benzene rings is 2. The van der Waals surface area contributed by atoms with E-state index in [1.807, 2.05) is 61.0 Å². The van der Waals surface area contributed by atoms with Crippen LogP contribution in [0.1, 0.15) is 5.56 Å². The van der Waals surface area contributed by atoms with Crippen LogP contribution in [-0.4, -0.2) is 26.4 Å². The summed E-state index contributed by atoms with van der Waals surface area (Å²) in [5.41, 5.74) is 2.99. The molecule has 5 nitrogen and oxygen atoms in total. The van der Waals surface area contributed by atoms with Crippen LogP contribution in [0, 0.1) is 10.5 Å². The number of nitrogens with zero attached hydrogens (tertiary/aromatic N) is 3. The number of hydrogen-bond acceptors (Lipinski definition) is 4. The first-order valence-electron chi connectivity index (χ1n) is 7.67. The van der Waals surface area contributed by atoms with Crippen molar-refractivity contribution in [3.8, 4) is 11.4 Å². The zero-order valence-corrected chi connectivity index (χ0v) is 16.8. The average Bonchev–Trinajstić information content (AvgIpc) is 2.96. The predicted octanol–water partition coefficient (Wildman–Crippen LogP) is 4.13. The highest BCUT2D eigenvalue weighted by atomic mass is 127. The van der Waals surface area contributed by atoms with Crippen molar-refractivity contribution in [2.45, 2.75) is 12.1 Å². The van der Waals surface area contributed by atoms with E-state index >= 15 is 0 Å². The normalized spacial score (nSPS) is 10.7. The van der Waals surface area contributed by atoms with Gasteiger partial charge in [0, 0.05) is 21.9 Å². The molecule has 0 bridgehead atoms. The number of nitrogens with one attached hydrogen (secondary N) is 1. The van der Waals surface area contributed by atoms with E-state index in [-0.39, 0.29) is 11.7 Å². The van der Waals surface area contributed by atoms with Gasteiger partial charge in [0.05, 0.1) is 5.75 Å². The highest BCUT2D eigenvalue weighted by Gasteiger charge is 2.13. The summed E-state index contributed by atoms with van der Waals surface area (Å²) in [5.74, 6) is 1.02. The number of thioether (sulfide) groups is 1. The standard InChI is InChI=1S/C18H17IN4OS/c1-12-4-3-5-13(10-12)17-21-22-18(23(17)2)25-11-16(24)20-15-8-6-14(19)7-9-15/h3-10H,11H2,1-2H3,(H,20,24). The van der Waals surface area contributed by atoms with Gasteiger partial charge in [-0.25, -0.2) is 0 Å². The minimum absolute atomic E-state index is 0.0636. The molecule has 128 valence electrons. The first kappa shape index (κ1) is 17.9. The van der Waals surface area contributed by atoms with Gasteiger partial charge < -0.3 is 9.88 Å². The monoisotopic (exact) mass is 464 g/mol. The molecule has 0 unspecified atom stereocenters. The lowest BCUT2D eigenvalue weighted by Gasteiger charge is -2.06. The van der Waals surface area contributed by atoms with Gasteiger partial charge in [-0.15, -0.1) is 10.2 Å². The van der Waals surface area contributed by atoms with Crippen LogP contribution in [0.25, 0.3) is 11.4 Å². The van der Waals surface area contributed by atoms with Crippen molar-refractivity contribution in [2.75, 3.05) is 11.1 Å². The first-order valence-corrected chi connectivity index (χ1v) is 9.74. The summed E-state index contributed by atoms with van der Waals surface area (Å²) in [6, 6.07) is 15.8. The van der Waals surface area contributed by atoms with Gasteiger partial charge in [-0.05, 0) is 59.8 Å². The number of carbonyl (C=O) groups is 1. The molecule has 0 saturated heterocycles. The molecule has 1 heterocycles. The Morgan fingerprint density at radius 1 is 1.20 bits per heavy atom. The Kier molecular flexibility index (Phi) is 5.74. The van der Waals surface area contributed by atoms with E-state index in [1.54, 1.807) is 0 Å². The average molecular weight is 464 g/mol. The van der Waals surface area contributed by atoms with Crippen LogP contribution in [0.4, 0.5) is 5.69 Å². The first-order chi connectivity index (χ1) is 12.0. The van der Waals surface area contributed by atoms with E-state index in [0.717, 1.165) is 20.6 Å². The zero-order chi connectivity index (χ0) is 17.8. The highest BCUT2D eigenvalue weighted by molar-refractivity contribution is 14.1. The second-order valence-electron chi connectivity index (χ2n) is 5.58. The van der Waals surface area contributed by atoms with Gasteiger partial charge in [0.2, 0.25) is 5.91 Å². The molecule has 0 aliphatic rings. The topological polar surface area (TPSA) is 59.8 Å². The van der Waals surface area contributed by atoms with Crippen molar-refractivity contribution in [3.63, 3.8) is 0 Å². The molecule has 7 heteroatoms. The summed E-state index contributed by atoms with van der Waals surface area (Å²) in [6.07, 6.45) is 0. The number of rotatable bonds is 5. The number of amides is 1. The minimum atomic E-state index is -0.0636. The van der Waals surface area contributed by atoms with Gasteiger partial charge >= 0.3 is 0 Å². The Balaban J connectivity index is 1.64. The van der Waals surface area contributed by atoms with E-state index in [2.05, 4.69) is 44.2 Å². The molecule has 0 aliphatic carbocycles. The van der Waals surface area contributed by atoms with E-state index < -0.39 is 0 Å². The van der Waals surface area contributed by atoms with Gasteiger partial charge in [-0.1, -0.05) is 35.5 Å². The number of hydrogen-bond donors (Lipinski definition) is 1. The lowest BCUT2D eigenvalue weighted by atomic mass is 10.1. The number of aromatic nitrogens is 3. The third-order valence-corrected chi connectivity index (χ3v) is 5.31. The van der Waals surface area contributed by atoms with Crippen LogP contribution in [-0.2, 0) is 11.8 Å². The van der Waals surface area contributed by atoms with Crippen molar-refractivity contribution in [3.05, 3.63) is 57.7 Å². The molecule has 1 N–H and O–H groups in total. The second kappa shape index (κ2) is 8.01. The molecule has 1 aromatic heterocycles. The minimum Gasteiger partial charge on any atom is -0.325 e. The summed E-state index contributed by atoms with van der Waals surface area (Å²) in [5, 5.41) is 12.1. The fourth-order valence-electron chi connectivity index (χ4n) is 2.34. The van der Waals surface area contributed by atoms with Crippen LogP contribution in [0.5, 0.6) is 0 Å². The lowest BCUT2D eigenvalue weighted by Crippen LogP contribution is -2.14. The van der Waals surface area contributed by atoms with Crippen molar-refractivity contribution in [1.82, 2.24) is 14.8 Å². The van der Waals surface area contributed by atoms with Crippen molar-refractivity contribution >= 4 is 45.9 Å².